The molecule has 3 heterocycles. The number of piperidine rings is 1. The number of hydrogen-bond donors (Lipinski definition) is 1. The number of aromatic nitrogens is 3. The number of nitrogens with zero attached hydrogens (tertiary/aromatic N) is 4. The van der Waals surface area contributed by atoms with Gasteiger partial charge in [-0.15, -0.1) is 0 Å². The molecule has 1 fully saturated rings. The zero-order valence-electron chi connectivity index (χ0n) is 14.1. The molecule has 3 aromatic rings. The zero-order valence-corrected chi connectivity index (χ0v) is 14.1. The Hall–Kier alpha value is -3.09. The number of likely N-dealkylation sites (tertiary alicyclic amines) is 1. The molecule has 1 saturated heterocycles. The van der Waals surface area contributed by atoms with Gasteiger partial charge in [-0.1, -0.05) is 6.07 Å². The molecule has 1 amide bonds. The lowest BCUT2D eigenvalue weighted by atomic mass is 10.0. The second-order valence-electron chi connectivity index (χ2n) is 6.30. The third-order valence-electron chi connectivity index (χ3n) is 4.67. The van der Waals surface area contributed by atoms with Gasteiger partial charge in [0.15, 0.2) is 0 Å². The summed E-state index contributed by atoms with van der Waals surface area (Å²) in [5, 5.41) is 4.05. The summed E-state index contributed by atoms with van der Waals surface area (Å²) >= 11 is 0. The predicted molar refractivity (Wildman–Crippen MR) is 96.3 cm³/mol. The molecule has 1 aliphatic heterocycles. The molecule has 6 nitrogen and oxygen atoms in total. The molecule has 0 saturated carbocycles. The summed E-state index contributed by atoms with van der Waals surface area (Å²) in [4.78, 5) is 26.6. The van der Waals surface area contributed by atoms with Gasteiger partial charge < -0.3 is 10.2 Å². The summed E-state index contributed by atoms with van der Waals surface area (Å²) in [5.41, 5.74) is 0.971. The van der Waals surface area contributed by atoms with E-state index in [-0.39, 0.29) is 17.8 Å². The first-order valence-electron chi connectivity index (χ1n) is 8.57. The van der Waals surface area contributed by atoms with Gasteiger partial charge >= 0.3 is 0 Å². The van der Waals surface area contributed by atoms with Crippen molar-refractivity contribution in [2.75, 3.05) is 18.4 Å². The minimum absolute atomic E-state index is 0.0282. The van der Waals surface area contributed by atoms with Gasteiger partial charge in [0, 0.05) is 42.5 Å². The third kappa shape index (κ3) is 3.20. The quantitative estimate of drug-likeness (QED) is 0.786. The number of para-hydroxylation sites is 1. The first-order chi connectivity index (χ1) is 12.7. The van der Waals surface area contributed by atoms with E-state index < -0.39 is 0 Å². The molecule has 26 heavy (non-hydrogen) atoms. The molecule has 1 N–H and O–H groups in total. The van der Waals surface area contributed by atoms with Gasteiger partial charge in [-0.25, -0.2) is 14.4 Å². The summed E-state index contributed by atoms with van der Waals surface area (Å²) < 4.78 is 13.9. The van der Waals surface area contributed by atoms with E-state index >= 15 is 0 Å². The molecular weight excluding hydrogens is 333 g/mol. The molecule has 132 valence electrons. The molecule has 4 rings (SSSR count). The number of carbonyl (C=O) groups is 1. The van der Waals surface area contributed by atoms with E-state index in [1.807, 2.05) is 11.0 Å². The van der Waals surface area contributed by atoms with Crippen LogP contribution < -0.4 is 5.32 Å². The molecule has 0 unspecified atom stereocenters. The number of anilines is 1. The van der Waals surface area contributed by atoms with Gasteiger partial charge in [-0.2, -0.15) is 0 Å². The second-order valence-corrected chi connectivity index (χ2v) is 6.30. The van der Waals surface area contributed by atoms with Crippen molar-refractivity contribution in [3.05, 3.63) is 60.4 Å². The summed E-state index contributed by atoms with van der Waals surface area (Å²) in [6.07, 6.45) is 6.23. The smallest absolute Gasteiger partial charge is 0.253 e. The van der Waals surface area contributed by atoms with E-state index in [0.717, 1.165) is 12.8 Å². The Morgan fingerprint density at radius 2 is 1.88 bits per heavy atom. The van der Waals surface area contributed by atoms with Crippen LogP contribution in [0.3, 0.4) is 0 Å². The van der Waals surface area contributed by atoms with E-state index in [1.54, 1.807) is 30.6 Å². The highest BCUT2D eigenvalue weighted by molar-refractivity contribution is 5.94. The number of hydrogen-bond acceptors (Lipinski definition) is 5. The maximum Gasteiger partial charge on any atom is 0.253 e. The van der Waals surface area contributed by atoms with Crippen molar-refractivity contribution in [3.63, 3.8) is 0 Å². The van der Waals surface area contributed by atoms with Crippen molar-refractivity contribution < 1.29 is 9.18 Å². The monoisotopic (exact) mass is 351 g/mol. The van der Waals surface area contributed by atoms with Crippen LogP contribution in [-0.4, -0.2) is 44.9 Å². The fourth-order valence-corrected chi connectivity index (χ4v) is 3.26. The first kappa shape index (κ1) is 16.4. The number of fused-ring (bicyclic) bond motifs is 1. The van der Waals surface area contributed by atoms with Crippen LogP contribution in [0.25, 0.3) is 10.9 Å². The lowest BCUT2D eigenvalue weighted by Gasteiger charge is -2.32. The van der Waals surface area contributed by atoms with Gasteiger partial charge in [0.25, 0.3) is 5.91 Å². The number of nitrogens with one attached hydrogen (secondary N) is 1. The van der Waals surface area contributed by atoms with Crippen LogP contribution in [0.1, 0.15) is 23.2 Å². The Kier molecular flexibility index (Phi) is 4.43. The average Bonchev–Trinajstić information content (AvgIpc) is 2.69. The zero-order chi connectivity index (χ0) is 17.9. The van der Waals surface area contributed by atoms with Crippen LogP contribution >= 0.6 is 0 Å². The summed E-state index contributed by atoms with van der Waals surface area (Å²) in [5.74, 6) is 0.305. The Labute approximate surface area is 150 Å². The Morgan fingerprint density at radius 3 is 2.65 bits per heavy atom. The molecule has 0 spiro atoms. The lowest BCUT2D eigenvalue weighted by Crippen LogP contribution is -2.42. The number of halogens is 1. The van der Waals surface area contributed by atoms with Gasteiger partial charge in [0.2, 0.25) is 0 Å². The van der Waals surface area contributed by atoms with E-state index in [1.165, 1.54) is 12.4 Å². The number of carbonyl (C=O) groups excluding carboxylic acids is 1. The van der Waals surface area contributed by atoms with Crippen LogP contribution in [0.4, 0.5) is 10.2 Å². The normalized spacial score (nSPS) is 15.2. The van der Waals surface area contributed by atoms with Crippen LogP contribution in [0.15, 0.2) is 49.1 Å². The van der Waals surface area contributed by atoms with Crippen molar-refractivity contribution in [1.29, 1.82) is 0 Å². The molecule has 0 aliphatic carbocycles. The van der Waals surface area contributed by atoms with Crippen molar-refractivity contribution in [2.45, 2.75) is 18.9 Å². The van der Waals surface area contributed by atoms with Crippen molar-refractivity contribution >= 4 is 22.6 Å². The average molecular weight is 351 g/mol. The first-order valence-corrected chi connectivity index (χ1v) is 8.57. The van der Waals surface area contributed by atoms with Crippen molar-refractivity contribution in [1.82, 2.24) is 19.9 Å². The number of pyridine rings is 1. The molecule has 1 aromatic carbocycles. The van der Waals surface area contributed by atoms with Gasteiger partial charge in [0.05, 0.1) is 0 Å². The van der Waals surface area contributed by atoms with Crippen molar-refractivity contribution in [2.24, 2.45) is 0 Å². The summed E-state index contributed by atoms with van der Waals surface area (Å²) in [7, 11) is 0. The SMILES string of the molecule is O=C(c1ccncc1)N1CCC(Nc2ncnc3c(F)cccc23)CC1. The maximum atomic E-state index is 13.9. The molecular formula is C19H18FN5O. The van der Waals surface area contributed by atoms with Crippen molar-refractivity contribution in [3.8, 4) is 0 Å². The van der Waals surface area contributed by atoms with E-state index in [0.29, 0.717) is 35.4 Å². The molecule has 2 aromatic heterocycles. The highest BCUT2D eigenvalue weighted by atomic mass is 19.1. The highest BCUT2D eigenvalue weighted by Crippen LogP contribution is 2.24. The third-order valence-corrected chi connectivity index (χ3v) is 4.67. The van der Waals surface area contributed by atoms with E-state index in [9.17, 15) is 9.18 Å². The van der Waals surface area contributed by atoms with Crippen LogP contribution in [0.5, 0.6) is 0 Å². The van der Waals surface area contributed by atoms with Gasteiger partial charge in [-0.05, 0) is 37.1 Å². The predicted octanol–water partition coefficient (Wildman–Crippen LogP) is 2.88. The number of amides is 1. The molecule has 1 aliphatic rings. The topological polar surface area (TPSA) is 71.0 Å². The standard InChI is InChI=1S/C19H18FN5O/c20-16-3-1-2-15-17(16)22-12-23-18(15)24-14-6-10-25(11-7-14)19(26)13-4-8-21-9-5-13/h1-5,8-9,12,14H,6-7,10-11H2,(H,22,23,24). The van der Waals surface area contributed by atoms with Crippen LogP contribution in [0.2, 0.25) is 0 Å². The van der Waals surface area contributed by atoms with Crippen LogP contribution in [0, 0.1) is 5.82 Å². The molecule has 0 bridgehead atoms. The largest absolute Gasteiger partial charge is 0.367 e. The molecule has 7 heteroatoms. The number of benzene rings is 1. The van der Waals surface area contributed by atoms with Gasteiger partial charge in [0.1, 0.15) is 23.5 Å². The van der Waals surface area contributed by atoms with Gasteiger partial charge in [-0.3, -0.25) is 9.78 Å². The minimum atomic E-state index is -0.356. The Balaban J connectivity index is 1.43. The maximum absolute atomic E-state index is 13.9. The molecule has 0 atom stereocenters. The summed E-state index contributed by atoms with van der Waals surface area (Å²) in [6, 6.07) is 8.49. The second kappa shape index (κ2) is 7.03. The fourth-order valence-electron chi connectivity index (χ4n) is 3.26. The van der Waals surface area contributed by atoms with E-state index in [2.05, 4.69) is 20.3 Å². The Morgan fingerprint density at radius 1 is 1.12 bits per heavy atom. The molecule has 0 radical (unpaired) electrons. The highest BCUT2D eigenvalue weighted by Gasteiger charge is 2.24. The minimum Gasteiger partial charge on any atom is -0.367 e. The lowest BCUT2D eigenvalue weighted by molar-refractivity contribution is 0.0718. The summed E-state index contributed by atoms with van der Waals surface area (Å²) in [6.45, 7) is 1.33. The fraction of sp³-hybridized carbons (Fsp3) is 0.263. The number of rotatable bonds is 3. The Bertz CT molecular complexity index is 926. The van der Waals surface area contributed by atoms with E-state index in [4.69, 9.17) is 0 Å². The van der Waals surface area contributed by atoms with Crippen LogP contribution in [-0.2, 0) is 0 Å².